The van der Waals surface area contributed by atoms with Crippen LogP contribution in [0.5, 0.6) is 5.75 Å². The standard InChI is InChI=1S/C24H23Cl2N3O5/c1-16-2-6-22(21(12-16)29(31)32)33-15-18-4-7-23(34-18)24(30)28-10-8-27(9-11-28)14-17-3-5-19(25)20(26)13-17/h2-7,12-13H,8-11,14-15H2,1H3. The minimum atomic E-state index is -0.486. The molecule has 34 heavy (non-hydrogen) atoms. The topological polar surface area (TPSA) is 89.1 Å². The smallest absolute Gasteiger partial charge is 0.311 e. The SMILES string of the molecule is Cc1ccc(OCc2ccc(C(=O)N3CCN(Cc4ccc(Cl)c(Cl)c4)CC3)o2)c([N+](=O)[O-])c1. The Kier molecular flexibility index (Phi) is 7.41. The monoisotopic (exact) mass is 503 g/mol. The van der Waals surface area contributed by atoms with Gasteiger partial charge in [-0.15, -0.1) is 0 Å². The Balaban J connectivity index is 1.31. The summed E-state index contributed by atoms with van der Waals surface area (Å²) in [5.74, 6) is 0.589. The molecular formula is C24H23Cl2N3O5. The molecule has 0 aliphatic carbocycles. The first-order chi connectivity index (χ1) is 16.3. The van der Waals surface area contributed by atoms with Crippen molar-refractivity contribution in [3.63, 3.8) is 0 Å². The lowest BCUT2D eigenvalue weighted by atomic mass is 10.2. The molecule has 1 aromatic heterocycles. The molecule has 0 saturated carbocycles. The van der Waals surface area contributed by atoms with Crippen molar-refractivity contribution in [2.45, 2.75) is 20.1 Å². The predicted octanol–water partition coefficient (Wildman–Crippen LogP) is 5.34. The number of piperazine rings is 1. The Morgan fingerprint density at radius 3 is 2.53 bits per heavy atom. The number of carbonyl (C=O) groups excluding carboxylic acids is 1. The van der Waals surface area contributed by atoms with Crippen LogP contribution in [-0.2, 0) is 13.2 Å². The molecule has 3 aromatic rings. The van der Waals surface area contributed by atoms with Crippen molar-refractivity contribution in [3.8, 4) is 5.75 Å². The van der Waals surface area contributed by atoms with Crippen LogP contribution in [-0.4, -0.2) is 46.8 Å². The third-order valence-corrected chi connectivity index (χ3v) is 6.34. The fourth-order valence-electron chi connectivity index (χ4n) is 3.77. The summed E-state index contributed by atoms with van der Waals surface area (Å²) in [6.45, 7) is 5.07. The lowest BCUT2D eigenvalue weighted by Gasteiger charge is -2.34. The van der Waals surface area contributed by atoms with Gasteiger partial charge in [0.15, 0.2) is 11.5 Å². The number of nitro groups is 1. The molecule has 1 aliphatic rings. The van der Waals surface area contributed by atoms with Crippen molar-refractivity contribution in [1.82, 2.24) is 9.80 Å². The number of halogens is 2. The number of aryl methyl sites for hydroxylation is 1. The number of ether oxygens (including phenoxy) is 1. The Hall–Kier alpha value is -3.07. The van der Waals surface area contributed by atoms with E-state index in [2.05, 4.69) is 4.90 Å². The quantitative estimate of drug-likeness (QED) is 0.319. The van der Waals surface area contributed by atoms with Crippen molar-refractivity contribution < 1.29 is 18.9 Å². The number of hydrogen-bond acceptors (Lipinski definition) is 6. The molecule has 0 spiro atoms. The van der Waals surface area contributed by atoms with Gasteiger partial charge in [0.25, 0.3) is 5.91 Å². The Morgan fingerprint density at radius 2 is 1.82 bits per heavy atom. The molecule has 10 heteroatoms. The molecule has 0 unspecified atom stereocenters. The van der Waals surface area contributed by atoms with E-state index in [4.69, 9.17) is 32.4 Å². The first kappa shape index (κ1) is 24.1. The maximum Gasteiger partial charge on any atom is 0.311 e. The highest BCUT2D eigenvalue weighted by molar-refractivity contribution is 6.42. The molecule has 0 radical (unpaired) electrons. The van der Waals surface area contributed by atoms with Gasteiger partial charge in [0, 0.05) is 38.8 Å². The molecule has 2 heterocycles. The first-order valence-electron chi connectivity index (χ1n) is 10.7. The number of nitro benzene ring substituents is 1. The summed E-state index contributed by atoms with van der Waals surface area (Å²) in [6, 6.07) is 13.6. The number of hydrogen-bond donors (Lipinski definition) is 0. The zero-order chi connectivity index (χ0) is 24.2. The Bertz CT molecular complexity index is 1210. The molecule has 0 atom stereocenters. The summed E-state index contributed by atoms with van der Waals surface area (Å²) < 4.78 is 11.2. The minimum Gasteiger partial charge on any atom is -0.479 e. The van der Waals surface area contributed by atoms with E-state index >= 15 is 0 Å². The van der Waals surface area contributed by atoms with Gasteiger partial charge in [0.1, 0.15) is 12.4 Å². The van der Waals surface area contributed by atoms with E-state index in [1.165, 1.54) is 6.07 Å². The van der Waals surface area contributed by atoms with Crippen molar-refractivity contribution in [2.24, 2.45) is 0 Å². The van der Waals surface area contributed by atoms with E-state index in [1.807, 2.05) is 12.1 Å². The number of nitrogens with zero attached hydrogens (tertiary/aromatic N) is 3. The molecule has 0 bridgehead atoms. The van der Waals surface area contributed by atoms with Crippen LogP contribution < -0.4 is 4.74 Å². The van der Waals surface area contributed by atoms with Gasteiger partial charge in [-0.25, -0.2) is 0 Å². The molecule has 2 aromatic carbocycles. The highest BCUT2D eigenvalue weighted by Gasteiger charge is 2.25. The van der Waals surface area contributed by atoms with Crippen LogP contribution in [0.1, 0.15) is 27.4 Å². The van der Waals surface area contributed by atoms with Gasteiger partial charge in [-0.2, -0.15) is 0 Å². The maximum atomic E-state index is 12.9. The van der Waals surface area contributed by atoms with Gasteiger partial charge in [0.2, 0.25) is 0 Å². The van der Waals surface area contributed by atoms with Gasteiger partial charge in [-0.1, -0.05) is 35.3 Å². The Morgan fingerprint density at radius 1 is 1.06 bits per heavy atom. The molecule has 4 rings (SSSR count). The second-order valence-electron chi connectivity index (χ2n) is 8.10. The molecule has 1 fully saturated rings. The van der Waals surface area contributed by atoms with E-state index in [0.717, 1.165) is 30.8 Å². The van der Waals surface area contributed by atoms with Crippen LogP contribution in [0.15, 0.2) is 52.9 Å². The highest BCUT2D eigenvalue weighted by Crippen LogP contribution is 2.29. The summed E-state index contributed by atoms with van der Waals surface area (Å²) in [7, 11) is 0. The average molecular weight is 504 g/mol. The lowest BCUT2D eigenvalue weighted by molar-refractivity contribution is -0.386. The van der Waals surface area contributed by atoms with E-state index < -0.39 is 4.92 Å². The van der Waals surface area contributed by atoms with Crippen molar-refractivity contribution in [1.29, 1.82) is 0 Å². The van der Waals surface area contributed by atoms with Crippen molar-refractivity contribution in [3.05, 3.63) is 91.3 Å². The number of amides is 1. The minimum absolute atomic E-state index is 0.0192. The highest BCUT2D eigenvalue weighted by atomic mass is 35.5. The largest absolute Gasteiger partial charge is 0.479 e. The van der Waals surface area contributed by atoms with Gasteiger partial charge in [0.05, 0.1) is 15.0 Å². The Labute approximate surface area is 206 Å². The van der Waals surface area contributed by atoms with Crippen LogP contribution in [0.3, 0.4) is 0 Å². The van der Waals surface area contributed by atoms with E-state index in [9.17, 15) is 14.9 Å². The molecule has 1 aliphatic heterocycles. The third kappa shape index (κ3) is 5.70. The zero-order valence-electron chi connectivity index (χ0n) is 18.5. The van der Waals surface area contributed by atoms with E-state index in [-0.39, 0.29) is 29.7 Å². The van der Waals surface area contributed by atoms with Crippen molar-refractivity contribution in [2.75, 3.05) is 26.2 Å². The van der Waals surface area contributed by atoms with Gasteiger partial charge in [-0.3, -0.25) is 19.8 Å². The summed E-state index contributed by atoms with van der Waals surface area (Å²) >= 11 is 12.1. The summed E-state index contributed by atoms with van der Waals surface area (Å²) in [6.07, 6.45) is 0. The fourth-order valence-corrected chi connectivity index (χ4v) is 4.09. The van der Waals surface area contributed by atoms with Gasteiger partial charge >= 0.3 is 5.69 Å². The molecule has 8 nitrogen and oxygen atoms in total. The van der Waals surface area contributed by atoms with Crippen LogP contribution in [0.4, 0.5) is 5.69 Å². The number of carbonyl (C=O) groups is 1. The molecule has 178 valence electrons. The predicted molar refractivity (Wildman–Crippen MR) is 129 cm³/mol. The van der Waals surface area contributed by atoms with Crippen LogP contribution in [0.25, 0.3) is 0 Å². The summed E-state index contributed by atoms with van der Waals surface area (Å²) in [5.41, 5.74) is 1.72. The number of benzene rings is 2. The van der Waals surface area contributed by atoms with E-state index in [1.54, 1.807) is 42.2 Å². The normalized spacial score (nSPS) is 14.3. The van der Waals surface area contributed by atoms with Crippen LogP contribution >= 0.6 is 23.2 Å². The average Bonchev–Trinajstić information content (AvgIpc) is 3.29. The van der Waals surface area contributed by atoms with E-state index in [0.29, 0.717) is 28.9 Å². The third-order valence-electron chi connectivity index (χ3n) is 5.60. The first-order valence-corrected chi connectivity index (χ1v) is 11.5. The second-order valence-corrected chi connectivity index (χ2v) is 8.91. The maximum absolute atomic E-state index is 12.9. The lowest BCUT2D eigenvalue weighted by Crippen LogP contribution is -2.48. The number of furan rings is 1. The molecule has 1 saturated heterocycles. The van der Waals surface area contributed by atoms with Gasteiger partial charge < -0.3 is 14.1 Å². The van der Waals surface area contributed by atoms with Crippen molar-refractivity contribution >= 4 is 34.8 Å². The van der Waals surface area contributed by atoms with Crippen LogP contribution in [0, 0.1) is 17.0 Å². The van der Waals surface area contributed by atoms with Crippen LogP contribution in [0.2, 0.25) is 10.0 Å². The molecular weight excluding hydrogens is 481 g/mol. The summed E-state index contributed by atoms with van der Waals surface area (Å²) in [4.78, 5) is 27.6. The summed E-state index contributed by atoms with van der Waals surface area (Å²) in [5, 5.41) is 12.3. The number of rotatable bonds is 7. The molecule has 1 amide bonds. The molecule has 0 N–H and O–H groups in total. The fraction of sp³-hybridized carbons (Fsp3) is 0.292. The zero-order valence-corrected chi connectivity index (χ0v) is 20.0. The second kappa shape index (κ2) is 10.5. The van der Waals surface area contributed by atoms with Gasteiger partial charge in [-0.05, 0) is 48.4 Å².